The van der Waals surface area contributed by atoms with Crippen LogP contribution in [-0.4, -0.2) is 84.5 Å². The van der Waals surface area contributed by atoms with Crippen LogP contribution in [0.25, 0.3) is 0 Å². The molecule has 10 heteroatoms. The fourth-order valence-electron chi connectivity index (χ4n) is 6.09. The van der Waals surface area contributed by atoms with E-state index >= 15 is 0 Å². The molecular weight excluding hydrogens is 504 g/mol. The van der Waals surface area contributed by atoms with Crippen LogP contribution in [0.5, 0.6) is 0 Å². The number of hydrogen-bond acceptors (Lipinski definition) is 7. The second-order valence-electron chi connectivity index (χ2n) is 10.8. The van der Waals surface area contributed by atoms with Gasteiger partial charge in [0.25, 0.3) is 5.69 Å². The van der Waals surface area contributed by atoms with Crippen LogP contribution < -0.4 is 0 Å². The summed E-state index contributed by atoms with van der Waals surface area (Å²) in [6.45, 7) is 5.06. The van der Waals surface area contributed by atoms with Gasteiger partial charge in [0.2, 0.25) is 10.0 Å². The van der Waals surface area contributed by atoms with Crippen molar-refractivity contribution in [2.75, 3.05) is 45.8 Å². The first-order valence-electron chi connectivity index (χ1n) is 13.4. The zero-order valence-electron chi connectivity index (χ0n) is 21.5. The molecule has 2 aromatic rings. The maximum absolute atomic E-state index is 13.7. The van der Waals surface area contributed by atoms with Crippen LogP contribution >= 0.6 is 0 Å². The molecule has 1 heterocycles. The van der Waals surface area contributed by atoms with Crippen molar-refractivity contribution in [2.45, 2.75) is 30.4 Å². The number of benzene rings is 2. The van der Waals surface area contributed by atoms with Crippen molar-refractivity contribution in [3.8, 4) is 0 Å². The van der Waals surface area contributed by atoms with Crippen molar-refractivity contribution in [3.05, 3.63) is 82.4 Å². The Morgan fingerprint density at radius 1 is 0.974 bits per heavy atom. The van der Waals surface area contributed by atoms with Crippen LogP contribution in [0, 0.1) is 27.9 Å². The van der Waals surface area contributed by atoms with Gasteiger partial charge in [-0.2, -0.15) is 4.31 Å². The van der Waals surface area contributed by atoms with E-state index in [1.165, 1.54) is 34.1 Å². The van der Waals surface area contributed by atoms with Crippen LogP contribution in [0.2, 0.25) is 0 Å². The van der Waals surface area contributed by atoms with Crippen LogP contribution in [0.1, 0.15) is 18.4 Å². The lowest BCUT2D eigenvalue weighted by Crippen LogP contribution is -2.50. The molecule has 3 aliphatic rings. The molecule has 1 N–H and O–H groups in total. The van der Waals surface area contributed by atoms with Gasteiger partial charge in [0.05, 0.1) is 15.9 Å². The summed E-state index contributed by atoms with van der Waals surface area (Å²) in [7, 11) is -3.93. The molecule has 5 rings (SSSR count). The average Bonchev–Trinajstić information content (AvgIpc) is 3.54. The van der Waals surface area contributed by atoms with Crippen molar-refractivity contribution < 1.29 is 18.4 Å². The second kappa shape index (κ2) is 11.6. The van der Waals surface area contributed by atoms with E-state index in [0.29, 0.717) is 24.9 Å². The molecule has 0 radical (unpaired) electrons. The number of nitrogens with zero attached hydrogens (tertiary/aromatic N) is 4. The van der Waals surface area contributed by atoms with Gasteiger partial charge in [-0.25, -0.2) is 8.42 Å². The van der Waals surface area contributed by atoms with E-state index in [-0.39, 0.29) is 23.0 Å². The van der Waals surface area contributed by atoms with Crippen LogP contribution in [0.4, 0.5) is 5.69 Å². The van der Waals surface area contributed by atoms with E-state index in [9.17, 15) is 23.6 Å². The van der Waals surface area contributed by atoms with E-state index in [1.54, 1.807) is 0 Å². The number of allylic oxidation sites excluding steroid dienone is 2. The zero-order valence-corrected chi connectivity index (χ0v) is 22.3. The molecule has 4 atom stereocenters. The lowest BCUT2D eigenvalue weighted by atomic mass is 9.93. The fraction of sp³-hybridized carbons (Fsp3) is 0.500. The SMILES string of the molecule is O=[N+]([O-])c1ccc(S(=O)(=O)N(CC(O)CN2CCN(Cc3ccccc3)CC2)CC2CC3C=CC2C3)cc1. The number of aliphatic hydroxyl groups is 1. The van der Waals surface area contributed by atoms with Gasteiger partial charge in [0.15, 0.2) is 0 Å². The number of nitro benzene ring substituents is 1. The maximum Gasteiger partial charge on any atom is 0.269 e. The molecule has 2 bridgehead atoms. The van der Waals surface area contributed by atoms with Crippen molar-refractivity contribution in [1.29, 1.82) is 0 Å². The Bertz CT molecular complexity index is 1230. The highest BCUT2D eigenvalue weighted by molar-refractivity contribution is 7.89. The Morgan fingerprint density at radius 2 is 1.66 bits per heavy atom. The predicted octanol–water partition coefficient (Wildman–Crippen LogP) is 2.98. The standard InChI is InChI=1S/C28H36N4O5S/c33-27(20-30-14-12-29(13-15-30)18-22-4-2-1-3-5-22)21-31(19-25-17-23-6-7-24(25)16-23)38(36,37)28-10-8-26(9-11-28)32(34)35/h1-11,23-25,27,33H,12-21H2. The largest absolute Gasteiger partial charge is 0.390 e. The molecule has 1 saturated carbocycles. The van der Waals surface area contributed by atoms with Crippen molar-refractivity contribution in [2.24, 2.45) is 17.8 Å². The van der Waals surface area contributed by atoms with Crippen molar-refractivity contribution in [1.82, 2.24) is 14.1 Å². The lowest BCUT2D eigenvalue weighted by Gasteiger charge is -2.36. The van der Waals surface area contributed by atoms with E-state index in [4.69, 9.17) is 0 Å². The number of piperazine rings is 1. The summed E-state index contributed by atoms with van der Waals surface area (Å²) in [4.78, 5) is 15.1. The molecule has 204 valence electrons. The van der Waals surface area contributed by atoms with Crippen LogP contribution in [-0.2, 0) is 16.6 Å². The summed E-state index contributed by atoms with van der Waals surface area (Å²) < 4.78 is 28.7. The fourth-order valence-corrected chi connectivity index (χ4v) is 7.62. The Balaban J connectivity index is 1.22. The summed E-state index contributed by atoms with van der Waals surface area (Å²) in [5, 5.41) is 22.1. The number of aliphatic hydroxyl groups excluding tert-OH is 1. The van der Waals surface area contributed by atoms with Gasteiger partial charge in [0, 0.05) is 64.5 Å². The highest BCUT2D eigenvalue weighted by Gasteiger charge is 2.39. The lowest BCUT2D eigenvalue weighted by molar-refractivity contribution is -0.384. The second-order valence-corrected chi connectivity index (χ2v) is 12.8. The normalized spacial score (nSPS) is 24.7. The smallest absolute Gasteiger partial charge is 0.269 e. The number of rotatable bonds is 11. The number of fused-ring (bicyclic) bond motifs is 2. The summed E-state index contributed by atoms with van der Waals surface area (Å²) in [5.41, 5.74) is 1.13. The molecule has 2 aliphatic carbocycles. The van der Waals surface area contributed by atoms with Gasteiger partial charge in [-0.1, -0.05) is 42.5 Å². The Hall–Kier alpha value is -2.63. The van der Waals surface area contributed by atoms with Gasteiger partial charge >= 0.3 is 0 Å². The maximum atomic E-state index is 13.7. The minimum Gasteiger partial charge on any atom is -0.390 e. The minimum absolute atomic E-state index is 0.00114. The van der Waals surface area contributed by atoms with Crippen LogP contribution in [0.3, 0.4) is 0 Å². The zero-order chi connectivity index (χ0) is 26.7. The predicted molar refractivity (Wildman–Crippen MR) is 145 cm³/mol. The number of nitro groups is 1. The third-order valence-electron chi connectivity index (χ3n) is 8.14. The first-order chi connectivity index (χ1) is 18.3. The Labute approximate surface area is 224 Å². The minimum atomic E-state index is -3.93. The van der Waals surface area contributed by atoms with E-state index < -0.39 is 21.1 Å². The van der Waals surface area contributed by atoms with E-state index in [1.807, 2.05) is 18.2 Å². The summed E-state index contributed by atoms with van der Waals surface area (Å²) in [5.74, 6) is 1.09. The topological polar surface area (TPSA) is 107 Å². The molecule has 1 aliphatic heterocycles. The molecule has 2 fully saturated rings. The third kappa shape index (κ3) is 6.32. The number of β-amino-alcohol motifs (C(OH)–C–C–N with tert-alkyl or cyclic N) is 1. The van der Waals surface area contributed by atoms with Gasteiger partial charge < -0.3 is 5.11 Å². The molecule has 0 aromatic heterocycles. The summed E-state index contributed by atoms with van der Waals surface area (Å²) >= 11 is 0. The molecule has 1 saturated heterocycles. The number of non-ortho nitro benzene ring substituents is 1. The number of hydrogen-bond donors (Lipinski definition) is 1. The monoisotopic (exact) mass is 540 g/mol. The first-order valence-corrected chi connectivity index (χ1v) is 14.8. The average molecular weight is 541 g/mol. The highest BCUT2D eigenvalue weighted by Crippen LogP contribution is 2.44. The molecule has 0 amide bonds. The van der Waals surface area contributed by atoms with Crippen molar-refractivity contribution >= 4 is 15.7 Å². The Kier molecular flexibility index (Phi) is 8.25. The van der Waals surface area contributed by atoms with E-state index in [0.717, 1.165) is 45.6 Å². The summed E-state index contributed by atoms with van der Waals surface area (Å²) in [6.07, 6.45) is 5.60. The molecule has 4 unspecified atom stereocenters. The third-order valence-corrected chi connectivity index (χ3v) is 9.98. The first kappa shape index (κ1) is 27.0. The summed E-state index contributed by atoms with van der Waals surface area (Å²) in [6, 6.07) is 15.4. The molecule has 2 aromatic carbocycles. The Morgan fingerprint density at radius 3 is 2.26 bits per heavy atom. The molecule has 9 nitrogen and oxygen atoms in total. The van der Waals surface area contributed by atoms with E-state index in [2.05, 4.69) is 34.1 Å². The van der Waals surface area contributed by atoms with Gasteiger partial charge in [-0.3, -0.25) is 19.9 Å². The quantitative estimate of drug-likeness (QED) is 0.265. The molecular formula is C28H36N4O5S. The van der Waals surface area contributed by atoms with Crippen LogP contribution in [0.15, 0.2) is 71.6 Å². The van der Waals surface area contributed by atoms with Gasteiger partial charge in [-0.05, 0) is 48.3 Å². The molecule has 0 spiro atoms. The molecule has 38 heavy (non-hydrogen) atoms. The van der Waals surface area contributed by atoms with Gasteiger partial charge in [0.1, 0.15) is 0 Å². The number of sulfonamides is 1. The van der Waals surface area contributed by atoms with Gasteiger partial charge in [-0.15, -0.1) is 0 Å². The van der Waals surface area contributed by atoms with Crippen molar-refractivity contribution in [3.63, 3.8) is 0 Å². The highest BCUT2D eigenvalue weighted by atomic mass is 32.2.